The maximum atomic E-state index is 13.6. The predicted octanol–water partition coefficient (Wildman–Crippen LogP) is 5.50. The summed E-state index contributed by atoms with van der Waals surface area (Å²) in [4.78, 5) is 27.8. The molecule has 2 aromatic rings. The number of hydrogen-bond acceptors (Lipinski definition) is 4. The van der Waals surface area contributed by atoms with Gasteiger partial charge in [-0.15, -0.1) is 0 Å². The maximum absolute atomic E-state index is 13.6. The van der Waals surface area contributed by atoms with Crippen molar-refractivity contribution in [3.63, 3.8) is 0 Å². The molecule has 1 atom stereocenters. The Morgan fingerprint density at radius 3 is 2.26 bits per heavy atom. The topological polar surface area (TPSA) is 86.8 Å². The van der Waals surface area contributed by atoms with Gasteiger partial charge in [0, 0.05) is 18.1 Å². The van der Waals surface area contributed by atoms with E-state index in [0.29, 0.717) is 33.6 Å². The third kappa shape index (κ3) is 8.51. The van der Waals surface area contributed by atoms with Gasteiger partial charge in [-0.05, 0) is 42.7 Å². The highest BCUT2D eigenvalue weighted by molar-refractivity contribution is 7.92. The number of carbonyl (C=O) groups is 2. The lowest BCUT2D eigenvalue weighted by atomic mass is 10.1. The number of unbranched alkanes of at least 4 members (excludes halogenated alkanes) is 1. The van der Waals surface area contributed by atoms with Crippen LogP contribution in [0.15, 0.2) is 42.5 Å². The van der Waals surface area contributed by atoms with Gasteiger partial charge >= 0.3 is 6.18 Å². The minimum atomic E-state index is -4.77. The maximum Gasteiger partial charge on any atom is 0.416 e. The number of carbonyl (C=O) groups excluding carboxylic acids is 2. The van der Waals surface area contributed by atoms with E-state index in [1.807, 2.05) is 6.92 Å². The van der Waals surface area contributed by atoms with E-state index >= 15 is 0 Å². The Kier molecular flexibility index (Phi) is 11.3. The molecule has 210 valence electrons. The molecule has 2 amide bonds. The highest BCUT2D eigenvalue weighted by Crippen LogP contribution is 2.36. The van der Waals surface area contributed by atoms with Crippen molar-refractivity contribution < 1.29 is 31.2 Å². The normalized spacial score (nSPS) is 12.6. The lowest BCUT2D eigenvalue weighted by Gasteiger charge is -2.33. The van der Waals surface area contributed by atoms with Crippen LogP contribution in [-0.4, -0.2) is 50.5 Å². The van der Waals surface area contributed by atoms with Crippen LogP contribution in [0.1, 0.15) is 44.2 Å². The zero-order chi connectivity index (χ0) is 28.7. The molecular formula is C25H30Cl2F3N3O4S. The number of anilines is 1. The van der Waals surface area contributed by atoms with Crippen LogP contribution in [0, 0.1) is 0 Å². The first-order valence-corrected chi connectivity index (χ1v) is 14.5. The average molecular weight is 596 g/mol. The van der Waals surface area contributed by atoms with Gasteiger partial charge in [0.05, 0.1) is 22.5 Å². The second kappa shape index (κ2) is 13.5. The van der Waals surface area contributed by atoms with Crippen LogP contribution in [0.25, 0.3) is 0 Å². The molecule has 0 aliphatic carbocycles. The van der Waals surface area contributed by atoms with E-state index in [1.165, 1.54) is 4.90 Å². The first-order chi connectivity index (χ1) is 17.7. The number of rotatable bonds is 12. The molecule has 2 rings (SSSR count). The molecule has 0 aromatic heterocycles. The van der Waals surface area contributed by atoms with E-state index in [1.54, 1.807) is 31.2 Å². The van der Waals surface area contributed by atoms with Crippen molar-refractivity contribution in [2.24, 2.45) is 0 Å². The number of sulfonamides is 1. The summed E-state index contributed by atoms with van der Waals surface area (Å²) in [5.74, 6) is -1.26. The Morgan fingerprint density at radius 1 is 1.05 bits per heavy atom. The summed E-state index contributed by atoms with van der Waals surface area (Å²) in [5, 5.41) is 2.81. The molecule has 0 spiro atoms. The quantitative estimate of drug-likeness (QED) is 0.328. The summed E-state index contributed by atoms with van der Waals surface area (Å²) < 4.78 is 65.9. The van der Waals surface area contributed by atoms with Crippen molar-refractivity contribution in [1.29, 1.82) is 0 Å². The Balaban J connectivity index is 2.52. The van der Waals surface area contributed by atoms with Crippen molar-refractivity contribution in [3.05, 3.63) is 63.6 Å². The van der Waals surface area contributed by atoms with E-state index in [2.05, 4.69) is 5.32 Å². The first-order valence-electron chi connectivity index (χ1n) is 11.9. The van der Waals surface area contributed by atoms with Crippen LogP contribution >= 0.6 is 23.2 Å². The monoisotopic (exact) mass is 595 g/mol. The van der Waals surface area contributed by atoms with Crippen LogP contribution in [0.4, 0.5) is 18.9 Å². The summed E-state index contributed by atoms with van der Waals surface area (Å²) in [6.45, 7) is 3.01. The smallest absolute Gasteiger partial charge is 0.354 e. The van der Waals surface area contributed by atoms with Gasteiger partial charge in [0.1, 0.15) is 12.6 Å². The molecule has 13 heteroatoms. The molecule has 38 heavy (non-hydrogen) atoms. The fraction of sp³-hybridized carbons (Fsp3) is 0.440. The summed E-state index contributed by atoms with van der Waals surface area (Å²) >= 11 is 12.4. The molecule has 0 aliphatic heterocycles. The van der Waals surface area contributed by atoms with Crippen molar-refractivity contribution in [1.82, 2.24) is 10.2 Å². The fourth-order valence-electron chi connectivity index (χ4n) is 3.71. The average Bonchev–Trinajstić information content (AvgIpc) is 2.82. The molecule has 0 radical (unpaired) electrons. The Bertz CT molecular complexity index is 1240. The molecule has 0 saturated heterocycles. The Hall–Kier alpha value is -2.50. The van der Waals surface area contributed by atoms with Crippen LogP contribution in [-0.2, 0) is 32.3 Å². The van der Waals surface area contributed by atoms with E-state index in [0.717, 1.165) is 25.2 Å². The van der Waals surface area contributed by atoms with Gasteiger partial charge in [-0.25, -0.2) is 8.42 Å². The minimum absolute atomic E-state index is 0.133. The molecule has 0 heterocycles. The summed E-state index contributed by atoms with van der Waals surface area (Å²) in [5.41, 5.74) is -1.13. The van der Waals surface area contributed by atoms with Crippen molar-refractivity contribution in [3.8, 4) is 0 Å². The number of hydrogen-bond donors (Lipinski definition) is 1. The zero-order valence-corrected chi connectivity index (χ0v) is 23.5. The fourth-order valence-corrected chi connectivity index (χ4v) is 5.03. The SMILES string of the molecule is CCCCNC(=O)[C@H](CC)N(Cc1ccccc1Cl)C(=O)CN(c1cc(C(F)(F)F)ccc1Cl)S(C)(=O)=O. The number of benzene rings is 2. The van der Waals surface area contributed by atoms with E-state index in [4.69, 9.17) is 23.2 Å². The molecule has 0 aliphatic rings. The summed E-state index contributed by atoms with van der Waals surface area (Å²) in [6.07, 6.45) is -2.27. The van der Waals surface area contributed by atoms with Crippen LogP contribution in [0.5, 0.6) is 0 Å². The molecule has 7 nitrogen and oxygen atoms in total. The predicted molar refractivity (Wildman–Crippen MR) is 143 cm³/mol. The number of nitrogens with zero attached hydrogens (tertiary/aromatic N) is 2. The molecule has 0 unspecified atom stereocenters. The van der Waals surface area contributed by atoms with E-state index < -0.39 is 51.9 Å². The zero-order valence-electron chi connectivity index (χ0n) is 21.2. The second-order valence-corrected chi connectivity index (χ2v) is 11.3. The number of alkyl halides is 3. The third-order valence-electron chi connectivity index (χ3n) is 5.74. The van der Waals surface area contributed by atoms with Gasteiger partial charge in [-0.3, -0.25) is 13.9 Å². The number of amides is 2. The van der Waals surface area contributed by atoms with Crippen LogP contribution in [0.3, 0.4) is 0 Å². The largest absolute Gasteiger partial charge is 0.416 e. The Morgan fingerprint density at radius 2 is 1.71 bits per heavy atom. The van der Waals surface area contributed by atoms with Gasteiger partial charge in [0.25, 0.3) is 0 Å². The highest BCUT2D eigenvalue weighted by atomic mass is 35.5. The Labute approximate surface area is 230 Å². The van der Waals surface area contributed by atoms with Crippen molar-refractivity contribution in [2.75, 3.05) is 23.7 Å². The number of halogens is 5. The van der Waals surface area contributed by atoms with Crippen molar-refractivity contribution >= 4 is 50.7 Å². The molecule has 1 N–H and O–H groups in total. The van der Waals surface area contributed by atoms with Gasteiger partial charge in [-0.2, -0.15) is 13.2 Å². The van der Waals surface area contributed by atoms with Crippen LogP contribution in [0.2, 0.25) is 10.0 Å². The molecule has 0 bridgehead atoms. The minimum Gasteiger partial charge on any atom is -0.354 e. The molecule has 2 aromatic carbocycles. The first kappa shape index (κ1) is 31.7. The summed E-state index contributed by atoms with van der Waals surface area (Å²) in [6, 6.07) is 7.85. The van der Waals surface area contributed by atoms with Gasteiger partial charge in [-0.1, -0.05) is 61.7 Å². The standard InChI is InChI=1S/C25H30Cl2F3N3O4S/c1-4-6-13-31-24(35)21(5-2)32(15-17-9-7-8-10-19(17)26)23(34)16-33(38(3,36)37)22-14-18(25(28,29)30)11-12-20(22)27/h7-12,14,21H,4-6,13,15-16H2,1-3H3,(H,31,35)/t21-/m0/s1. The van der Waals surface area contributed by atoms with Gasteiger partial charge in [0.2, 0.25) is 21.8 Å². The third-order valence-corrected chi connectivity index (χ3v) is 7.55. The van der Waals surface area contributed by atoms with Crippen LogP contribution < -0.4 is 9.62 Å². The van der Waals surface area contributed by atoms with E-state index in [-0.39, 0.29) is 18.0 Å². The summed E-state index contributed by atoms with van der Waals surface area (Å²) in [7, 11) is -4.28. The van der Waals surface area contributed by atoms with E-state index in [9.17, 15) is 31.2 Å². The second-order valence-electron chi connectivity index (χ2n) is 8.62. The molecule has 0 saturated carbocycles. The lowest BCUT2D eigenvalue weighted by molar-refractivity contribution is -0.140. The lowest BCUT2D eigenvalue weighted by Crippen LogP contribution is -2.52. The number of nitrogens with one attached hydrogen (secondary N) is 1. The van der Waals surface area contributed by atoms with Gasteiger partial charge in [0.15, 0.2) is 0 Å². The van der Waals surface area contributed by atoms with Gasteiger partial charge < -0.3 is 10.2 Å². The van der Waals surface area contributed by atoms with Crippen molar-refractivity contribution in [2.45, 2.75) is 51.9 Å². The molecular weight excluding hydrogens is 566 g/mol. The highest BCUT2D eigenvalue weighted by Gasteiger charge is 2.35. The molecule has 0 fully saturated rings.